The highest BCUT2D eigenvalue weighted by molar-refractivity contribution is 7.85. The van der Waals surface area contributed by atoms with Crippen molar-refractivity contribution in [1.82, 2.24) is 5.32 Å². The number of aliphatic hydroxyl groups is 1. The Labute approximate surface area is 298 Å². The molecule has 0 aromatic rings. The summed E-state index contributed by atoms with van der Waals surface area (Å²) in [5, 5.41) is 13.2. The summed E-state index contributed by atoms with van der Waals surface area (Å²) in [6.07, 6.45) is 44.5. The first-order chi connectivity index (χ1) is 23.3. The van der Waals surface area contributed by atoms with Gasteiger partial charge in [0.15, 0.2) is 0 Å². The second-order valence-electron chi connectivity index (χ2n) is 14.3. The van der Waals surface area contributed by atoms with Crippen molar-refractivity contribution in [3.8, 4) is 0 Å². The molecule has 48 heavy (non-hydrogen) atoms. The van der Waals surface area contributed by atoms with E-state index >= 15 is 0 Å². The Morgan fingerprint density at radius 2 is 0.875 bits per heavy atom. The van der Waals surface area contributed by atoms with Gasteiger partial charge in [0.05, 0.1) is 17.9 Å². The zero-order valence-corrected chi connectivity index (χ0v) is 32.4. The van der Waals surface area contributed by atoms with Crippen LogP contribution in [0.3, 0.4) is 0 Å². The number of allylic oxidation sites excluding steroid dienone is 3. The molecule has 0 bridgehead atoms. The van der Waals surface area contributed by atoms with E-state index in [-0.39, 0.29) is 12.3 Å². The molecule has 284 valence electrons. The van der Waals surface area contributed by atoms with Crippen LogP contribution in [-0.4, -0.2) is 41.9 Å². The zero-order valence-electron chi connectivity index (χ0n) is 31.6. The summed E-state index contributed by atoms with van der Waals surface area (Å²) < 4.78 is 32.4. The van der Waals surface area contributed by atoms with Gasteiger partial charge in [-0.05, 0) is 44.9 Å². The van der Waals surface area contributed by atoms with Crippen molar-refractivity contribution < 1.29 is 22.9 Å². The number of unbranched alkanes of at least 4 members (excludes halogenated alkanes) is 27. The summed E-state index contributed by atoms with van der Waals surface area (Å²) in [4.78, 5) is 12.5. The number of amides is 1. The average molecular weight is 698 g/mol. The molecule has 2 atom stereocenters. The van der Waals surface area contributed by atoms with E-state index in [9.17, 15) is 22.9 Å². The second kappa shape index (κ2) is 35.6. The molecule has 0 saturated carbocycles. The molecule has 0 aromatic carbocycles. The molecule has 0 aliphatic carbocycles. The lowest BCUT2D eigenvalue weighted by Gasteiger charge is -2.21. The van der Waals surface area contributed by atoms with Gasteiger partial charge in [0.1, 0.15) is 0 Å². The number of hydrogen-bond donors (Lipinski definition) is 3. The van der Waals surface area contributed by atoms with Crippen LogP contribution in [0, 0.1) is 0 Å². The third kappa shape index (κ3) is 36.1. The number of nitrogens with one attached hydrogen (secondary N) is 1. The van der Waals surface area contributed by atoms with E-state index in [2.05, 4.69) is 31.3 Å². The summed E-state index contributed by atoms with van der Waals surface area (Å²) in [5.41, 5.74) is 0. The Morgan fingerprint density at radius 1 is 0.542 bits per heavy atom. The first-order valence-corrected chi connectivity index (χ1v) is 22.1. The van der Waals surface area contributed by atoms with E-state index in [1.54, 1.807) is 6.08 Å². The summed E-state index contributed by atoms with van der Waals surface area (Å²) in [6, 6.07) is -1.06. The molecule has 3 N–H and O–H groups in total. The highest BCUT2D eigenvalue weighted by atomic mass is 32.2. The van der Waals surface area contributed by atoms with Gasteiger partial charge in [-0.3, -0.25) is 9.35 Å². The molecule has 0 radical (unpaired) electrons. The SMILES string of the molecule is CCCCC/C=C\CCCCCCCC(=O)NC(CS(=O)(=O)O)C(O)/C=C/CCCCCCCCCCCCCCCCCCCCC. The Hall–Kier alpha value is -1.18. The van der Waals surface area contributed by atoms with Crippen molar-refractivity contribution >= 4 is 16.0 Å². The fourth-order valence-electron chi connectivity index (χ4n) is 6.27. The van der Waals surface area contributed by atoms with Gasteiger partial charge in [-0.2, -0.15) is 8.42 Å². The van der Waals surface area contributed by atoms with Crippen molar-refractivity contribution in [3.05, 3.63) is 24.3 Å². The number of hydrogen-bond acceptors (Lipinski definition) is 4. The smallest absolute Gasteiger partial charge is 0.267 e. The third-order valence-corrected chi connectivity index (χ3v) is 10.2. The molecule has 1 amide bonds. The summed E-state index contributed by atoms with van der Waals surface area (Å²) in [7, 11) is -4.34. The van der Waals surface area contributed by atoms with Gasteiger partial charge >= 0.3 is 0 Å². The van der Waals surface area contributed by atoms with E-state index in [1.165, 1.54) is 135 Å². The predicted molar refractivity (Wildman–Crippen MR) is 207 cm³/mol. The number of carbonyl (C=O) groups is 1. The Balaban J connectivity index is 3.87. The van der Waals surface area contributed by atoms with E-state index in [4.69, 9.17) is 0 Å². The maximum absolute atomic E-state index is 12.5. The topological polar surface area (TPSA) is 104 Å². The minimum Gasteiger partial charge on any atom is -0.387 e. The Morgan fingerprint density at radius 3 is 1.29 bits per heavy atom. The van der Waals surface area contributed by atoms with E-state index in [1.807, 2.05) is 6.08 Å². The van der Waals surface area contributed by atoms with Crippen LogP contribution in [0.2, 0.25) is 0 Å². The molecule has 2 unspecified atom stereocenters. The van der Waals surface area contributed by atoms with Crippen molar-refractivity contribution in [2.75, 3.05) is 5.75 Å². The fourth-order valence-corrected chi connectivity index (χ4v) is 7.00. The maximum Gasteiger partial charge on any atom is 0.267 e. The molecule has 0 saturated heterocycles. The second-order valence-corrected chi connectivity index (χ2v) is 15.8. The normalized spacial score (nSPS) is 13.5. The lowest BCUT2D eigenvalue weighted by Crippen LogP contribution is -2.46. The molecule has 0 fully saturated rings. The van der Waals surface area contributed by atoms with Gasteiger partial charge in [0.2, 0.25) is 5.91 Å². The van der Waals surface area contributed by atoms with Crippen molar-refractivity contribution in [2.24, 2.45) is 0 Å². The van der Waals surface area contributed by atoms with Crippen molar-refractivity contribution in [1.29, 1.82) is 0 Å². The summed E-state index contributed by atoms with van der Waals surface area (Å²) in [5.74, 6) is -0.986. The van der Waals surface area contributed by atoms with E-state index in [0.29, 0.717) is 0 Å². The number of carbonyl (C=O) groups excluding carboxylic acids is 1. The van der Waals surface area contributed by atoms with Crippen LogP contribution < -0.4 is 5.32 Å². The molecular weight excluding hydrogens is 619 g/mol. The van der Waals surface area contributed by atoms with Crippen LogP contribution in [-0.2, 0) is 14.9 Å². The van der Waals surface area contributed by atoms with Crippen LogP contribution in [0.5, 0.6) is 0 Å². The standard InChI is InChI=1S/C41H79NO5S/c1-3-5-7-9-11-13-15-17-18-19-20-21-22-23-24-25-26-28-30-32-34-36-40(43)39(38-48(45,46)47)42-41(44)37-35-33-31-29-27-16-14-12-10-8-6-4-2/h12,14,34,36,39-40,43H,3-11,13,15-33,35,37-38H2,1-2H3,(H,42,44)(H,45,46,47)/b14-12-,36-34+. The predicted octanol–water partition coefficient (Wildman–Crippen LogP) is 12.0. The molecule has 0 rings (SSSR count). The molecule has 0 heterocycles. The lowest BCUT2D eigenvalue weighted by atomic mass is 10.0. The fraction of sp³-hybridized carbons (Fsp3) is 0.878. The Bertz CT molecular complexity index is 857. The Kier molecular flexibility index (Phi) is 34.8. The molecule has 7 heteroatoms. The quantitative estimate of drug-likeness (QED) is 0.0340. The number of aliphatic hydroxyl groups excluding tert-OH is 1. The molecule has 0 spiro atoms. The maximum atomic E-state index is 12.5. The van der Waals surface area contributed by atoms with Gasteiger partial charge < -0.3 is 10.4 Å². The monoisotopic (exact) mass is 698 g/mol. The largest absolute Gasteiger partial charge is 0.387 e. The van der Waals surface area contributed by atoms with Crippen LogP contribution in [0.15, 0.2) is 24.3 Å². The zero-order chi connectivity index (χ0) is 35.4. The van der Waals surface area contributed by atoms with Gasteiger partial charge in [0, 0.05) is 6.42 Å². The van der Waals surface area contributed by atoms with Crippen molar-refractivity contribution in [2.45, 2.75) is 225 Å². The molecule has 0 aliphatic heterocycles. The minimum atomic E-state index is -4.34. The van der Waals surface area contributed by atoms with Gasteiger partial charge in [-0.15, -0.1) is 0 Å². The van der Waals surface area contributed by atoms with Crippen LogP contribution in [0.1, 0.15) is 213 Å². The summed E-state index contributed by atoms with van der Waals surface area (Å²) >= 11 is 0. The van der Waals surface area contributed by atoms with Crippen LogP contribution in [0.4, 0.5) is 0 Å². The highest BCUT2D eigenvalue weighted by Crippen LogP contribution is 2.15. The van der Waals surface area contributed by atoms with Gasteiger partial charge in [-0.1, -0.05) is 186 Å². The number of rotatable bonds is 37. The van der Waals surface area contributed by atoms with Gasteiger partial charge in [-0.25, -0.2) is 0 Å². The average Bonchev–Trinajstić information content (AvgIpc) is 3.05. The minimum absolute atomic E-state index is 0.287. The molecule has 0 aromatic heterocycles. The lowest BCUT2D eigenvalue weighted by molar-refractivity contribution is -0.122. The molecule has 0 aliphatic rings. The van der Waals surface area contributed by atoms with Crippen LogP contribution >= 0.6 is 0 Å². The molecule has 6 nitrogen and oxygen atoms in total. The first-order valence-electron chi connectivity index (χ1n) is 20.5. The third-order valence-electron chi connectivity index (χ3n) is 9.37. The van der Waals surface area contributed by atoms with E-state index < -0.39 is 28.0 Å². The van der Waals surface area contributed by atoms with Crippen LogP contribution in [0.25, 0.3) is 0 Å². The first kappa shape index (κ1) is 46.8. The van der Waals surface area contributed by atoms with E-state index in [0.717, 1.165) is 57.8 Å². The van der Waals surface area contributed by atoms with Crippen molar-refractivity contribution in [3.63, 3.8) is 0 Å². The molecular formula is C41H79NO5S. The highest BCUT2D eigenvalue weighted by Gasteiger charge is 2.24. The van der Waals surface area contributed by atoms with Gasteiger partial charge in [0.25, 0.3) is 10.1 Å². The summed E-state index contributed by atoms with van der Waals surface area (Å²) in [6.45, 7) is 4.50.